The molecule has 0 saturated carbocycles. The van der Waals surface area contributed by atoms with Gasteiger partial charge in [0.2, 0.25) is 5.91 Å². The Morgan fingerprint density at radius 3 is 2.81 bits per heavy atom. The van der Waals surface area contributed by atoms with Crippen LogP contribution in [0.5, 0.6) is 0 Å². The monoisotopic (exact) mass is 353 g/mol. The van der Waals surface area contributed by atoms with Gasteiger partial charge in [-0.25, -0.2) is 4.79 Å². The molecular formula is C17H19N7O2. The van der Waals surface area contributed by atoms with E-state index in [1.54, 1.807) is 19.3 Å². The Morgan fingerprint density at radius 1 is 1.23 bits per heavy atom. The van der Waals surface area contributed by atoms with Gasteiger partial charge >= 0.3 is 6.03 Å². The van der Waals surface area contributed by atoms with Crippen LogP contribution in [0.3, 0.4) is 0 Å². The van der Waals surface area contributed by atoms with Crippen LogP contribution in [-0.2, 0) is 11.3 Å². The van der Waals surface area contributed by atoms with Crippen LogP contribution in [0.1, 0.15) is 5.56 Å². The molecule has 2 heterocycles. The van der Waals surface area contributed by atoms with E-state index in [1.807, 2.05) is 31.2 Å². The molecular weight excluding hydrogens is 334 g/mol. The zero-order chi connectivity index (χ0) is 18.5. The number of aromatic nitrogens is 4. The summed E-state index contributed by atoms with van der Waals surface area (Å²) < 4.78 is 1.43. The highest BCUT2D eigenvalue weighted by atomic mass is 16.2. The number of carbonyl (C=O) groups excluding carboxylic acids is 2. The number of benzene rings is 1. The van der Waals surface area contributed by atoms with Gasteiger partial charge in [-0.1, -0.05) is 24.3 Å². The fourth-order valence-corrected chi connectivity index (χ4v) is 2.42. The highest BCUT2D eigenvalue weighted by molar-refractivity contribution is 5.99. The van der Waals surface area contributed by atoms with Crippen LogP contribution in [0.25, 0.3) is 11.3 Å². The van der Waals surface area contributed by atoms with Crippen LogP contribution < -0.4 is 16.0 Å². The standard InChI is InChI=1S/C17H19N7O2/c1-11-5-3-4-6-13(11)14-7-15(23-22-14)21-17(26)20-12-8-19-24(9-12)10-16(25)18-2/h3-9H,10H2,1-2H3,(H,18,25)(H3,20,21,22,23,26). The van der Waals surface area contributed by atoms with Crippen LogP contribution in [0.4, 0.5) is 16.3 Å². The molecule has 0 spiro atoms. The first-order valence-electron chi connectivity index (χ1n) is 7.97. The van der Waals surface area contributed by atoms with Crippen molar-refractivity contribution in [2.45, 2.75) is 13.5 Å². The lowest BCUT2D eigenvalue weighted by Crippen LogP contribution is -2.23. The molecule has 134 valence electrons. The molecule has 3 aromatic rings. The third kappa shape index (κ3) is 4.07. The van der Waals surface area contributed by atoms with Crippen molar-refractivity contribution in [1.82, 2.24) is 25.3 Å². The molecule has 0 aliphatic heterocycles. The van der Waals surface area contributed by atoms with Crippen molar-refractivity contribution in [3.8, 4) is 11.3 Å². The normalized spacial score (nSPS) is 10.4. The first-order valence-corrected chi connectivity index (χ1v) is 7.97. The molecule has 0 saturated heterocycles. The number of likely N-dealkylation sites (N-methyl/N-ethyl adjacent to an activating group) is 1. The SMILES string of the molecule is CNC(=O)Cn1cc(NC(=O)Nc2cc(-c3ccccc3C)[nH]n2)cn1. The molecule has 9 nitrogen and oxygen atoms in total. The lowest BCUT2D eigenvalue weighted by Gasteiger charge is -2.03. The van der Waals surface area contributed by atoms with Crippen molar-refractivity contribution in [2.24, 2.45) is 0 Å². The molecule has 1 aromatic carbocycles. The molecule has 0 aliphatic carbocycles. The number of anilines is 2. The topological polar surface area (TPSA) is 117 Å². The van der Waals surface area contributed by atoms with Crippen molar-refractivity contribution in [3.05, 3.63) is 48.3 Å². The summed E-state index contributed by atoms with van der Waals surface area (Å²) in [6.07, 6.45) is 3.03. The number of urea groups is 1. The van der Waals surface area contributed by atoms with Crippen LogP contribution in [0, 0.1) is 6.92 Å². The Labute approximate surface area is 149 Å². The molecule has 0 radical (unpaired) electrons. The molecule has 9 heteroatoms. The molecule has 4 N–H and O–H groups in total. The van der Waals surface area contributed by atoms with E-state index in [2.05, 4.69) is 31.2 Å². The van der Waals surface area contributed by atoms with E-state index < -0.39 is 6.03 Å². The molecule has 2 aromatic heterocycles. The van der Waals surface area contributed by atoms with Gasteiger partial charge in [0.25, 0.3) is 0 Å². The maximum absolute atomic E-state index is 12.1. The summed E-state index contributed by atoms with van der Waals surface area (Å²) >= 11 is 0. The smallest absolute Gasteiger partial charge is 0.324 e. The molecule has 0 aliphatic rings. The Kier molecular flexibility index (Phi) is 4.97. The summed E-state index contributed by atoms with van der Waals surface area (Å²) in [6.45, 7) is 2.09. The second-order valence-corrected chi connectivity index (χ2v) is 5.66. The van der Waals surface area contributed by atoms with Gasteiger partial charge in [-0.15, -0.1) is 0 Å². The summed E-state index contributed by atoms with van der Waals surface area (Å²) in [5.74, 6) is 0.225. The fourth-order valence-electron chi connectivity index (χ4n) is 2.42. The highest BCUT2D eigenvalue weighted by Crippen LogP contribution is 2.23. The van der Waals surface area contributed by atoms with Crippen LogP contribution in [0.15, 0.2) is 42.7 Å². The third-order valence-corrected chi connectivity index (χ3v) is 3.73. The molecule has 0 bridgehead atoms. The summed E-state index contributed by atoms with van der Waals surface area (Å²) in [5, 5.41) is 18.8. The minimum Gasteiger partial charge on any atom is -0.358 e. The van der Waals surface area contributed by atoms with Crippen molar-refractivity contribution >= 4 is 23.4 Å². The van der Waals surface area contributed by atoms with Crippen LogP contribution >= 0.6 is 0 Å². The van der Waals surface area contributed by atoms with Gasteiger partial charge in [0.15, 0.2) is 5.82 Å². The Hall–Kier alpha value is -3.62. The number of carbonyl (C=O) groups is 2. The minimum absolute atomic E-state index is 0.0823. The number of aromatic amines is 1. The Balaban J connectivity index is 1.61. The van der Waals surface area contributed by atoms with E-state index >= 15 is 0 Å². The Bertz CT molecular complexity index is 929. The summed E-state index contributed by atoms with van der Waals surface area (Å²) in [6, 6.07) is 9.20. The molecule has 26 heavy (non-hydrogen) atoms. The van der Waals surface area contributed by atoms with Gasteiger partial charge < -0.3 is 10.6 Å². The molecule has 3 amide bonds. The average molecular weight is 353 g/mol. The van der Waals surface area contributed by atoms with Gasteiger partial charge in [0.1, 0.15) is 6.54 Å². The first-order chi connectivity index (χ1) is 12.5. The zero-order valence-electron chi connectivity index (χ0n) is 14.4. The number of nitrogens with one attached hydrogen (secondary N) is 4. The predicted molar refractivity (Wildman–Crippen MR) is 97.7 cm³/mol. The summed E-state index contributed by atoms with van der Waals surface area (Å²) in [7, 11) is 1.55. The second kappa shape index (κ2) is 7.51. The van der Waals surface area contributed by atoms with E-state index in [4.69, 9.17) is 0 Å². The summed E-state index contributed by atoms with van der Waals surface area (Å²) in [5.41, 5.74) is 3.41. The lowest BCUT2D eigenvalue weighted by molar-refractivity contribution is -0.121. The van der Waals surface area contributed by atoms with E-state index in [0.717, 1.165) is 16.8 Å². The van der Waals surface area contributed by atoms with Gasteiger partial charge in [-0.3, -0.25) is 19.9 Å². The van der Waals surface area contributed by atoms with Gasteiger partial charge in [-0.2, -0.15) is 10.2 Å². The number of amides is 3. The van der Waals surface area contributed by atoms with Gasteiger partial charge in [0, 0.05) is 24.9 Å². The number of aryl methyl sites for hydroxylation is 1. The highest BCUT2D eigenvalue weighted by Gasteiger charge is 2.10. The predicted octanol–water partition coefficient (Wildman–Crippen LogP) is 1.97. The quantitative estimate of drug-likeness (QED) is 0.561. The second-order valence-electron chi connectivity index (χ2n) is 5.66. The molecule has 3 rings (SSSR count). The number of nitrogens with zero attached hydrogens (tertiary/aromatic N) is 3. The van der Waals surface area contributed by atoms with E-state index in [9.17, 15) is 9.59 Å². The van der Waals surface area contributed by atoms with E-state index in [-0.39, 0.29) is 12.5 Å². The van der Waals surface area contributed by atoms with Gasteiger partial charge in [-0.05, 0) is 12.5 Å². The number of rotatable bonds is 5. The summed E-state index contributed by atoms with van der Waals surface area (Å²) in [4.78, 5) is 23.4. The zero-order valence-corrected chi connectivity index (χ0v) is 14.4. The van der Waals surface area contributed by atoms with Crippen LogP contribution in [-0.4, -0.2) is 39.0 Å². The largest absolute Gasteiger partial charge is 0.358 e. The molecule has 0 fully saturated rings. The van der Waals surface area contributed by atoms with Crippen molar-refractivity contribution in [1.29, 1.82) is 0 Å². The first kappa shape index (κ1) is 17.2. The Morgan fingerprint density at radius 2 is 2.04 bits per heavy atom. The lowest BCUT2D eigenvalue weighted by atomic mass is 10.1. The third-order valence-electron chi connectivity index (χ3n) is 3.73. The maximum atomic E-state index is 12.1. The van der Waals surface area contributed by atoms with Crippen molar-refractivity contribution in [3.63, 3.8) is 0 Å². The van der Waals surface area contributed by atoms with E-state index in [0.29, 0.717) is 11.5 Å². The molecule has 0 unspecified atom stereocenters. The molecule has 0 atom stereocenters. The average Bonchev–Trinajstić information content (AvgIpc) is 3.25. The van der Waals surface area contributed by atoms with Gasteiger partial charge in [0.05, 0.1) is 17.6 Å². The maximum Gasteiger partial charge on any atom is 0.324 e. The van der Waals surface area contributed by atoms with Crippen molar-refractivity contribution in [2.75, 3.05) is 17.7 Å². The van der Waals surface area contributed by atoms with Crippen molar-refractivity contribution < 1.29 is 9.59 Å². The van der Waals surface area contributed by atoms with E-state index in [1.165, 1.54) is 10.9 Å². The fraction of sp³-hybridized carbons (Fsp3) is 0.176. The number of hydrogen-bond acceptors (Lipinski definition) is 4. The number of H-pyrrole nitrogens is 1. The minimum atomic E-state index is -0.452. The van der Waals surface area contributed by atoms with Crippen LogP contribution in [0.2, 0.25) is 0 Å². The number of hydrogen-bond donors (Lipinski definition) is 4.